The first kappa shape index (κ1) is 18.8. The number of urea groups is 1. The van der Waals surface area contributed by atoms with Crippen molar-refractivity contribution in [2.45, 2.75) is 18.9 Å². The highest BCUT2D eigenvalue weighted by molar-refractivity contribution is 6.30. The van der Waals surface area contributed by atoms with Crippen LogP contribution in [-0.4, -0.2) is 29.3 Å². The molecule has 0 spiro atoms. The van der Waals surface area contributed by atoms with Crippen LogP contribution in [0.15, 0.2) is 48.5 Å². The van der Waals surface area contributed by atoms with Crippen LogP contribution in [0.3, 0.4) is 0 Å². The molecule has 1 heterocycles. The van der Waals surface area contributed by atoms with Crippen LogP contribution in [0.2, 0.25) is 5.02 Å². The molecule has 27 heavy (non-hydrogen) atoms. The third-order valence-corrected chi connectivity index (χ3v) is 4.64. The lowest BCUT2D eigenvalue weighted by atomic mass is 9.92. The maximum atomic E-state index is 12.9. The summed E-state index contributed by atoms with van der Waals surface area (Å²) in [5, 5.41) is 5.78. The Morgan fingerprint density at radius 1 is 1.15 bits per heavy atom. The van der Waals surface area contributed by atoms with Crippen molar-refractivity contribution < 1.29 is 18.8 Å². The second-order valence-electron chi connectivity index (χ2n) is 6.32. The number of anilines is 1. The van der Waals surface area contributed by atoms with E-state index in [-0.39, 0.29) is 18.9 Å². The molecule has 2 aromatic carbocycles. The zero-order chi connectivity index (χ0) is 19.6. The number of carbonyl (C=O) groups excluding carboxylic acids is 3. The molecule has 0 aliphatic carbocycles. The molecule has 1 fully saturated rings. The first-order valence-corrected chi connectivity index (χ1v) is 8.63. The number of nitrogens with zero attached hydrogens (tertiary/aromatic N) is 1. The van der Waals surface area contributed by atoms with Crippen LogP contribution in [0.5, 0.6) is 0 Å². The molecule has 2 N–H and O–H groups in total. The number of halogens is 2. The molecular formula is C19H17ClFN3O3. The summed E-state index contributed by atoms with van der Waals surface area (Å²) in [7, 11) is 0. The third-order valence-electron chi connectivity index (χ3n) is 4.39. The first-order chi connectivity index (χ1) is 12.8. The van der Waals surface area contributed by atoms with Gasteiger partial charge in [-0.25, -0.2) is 9.18 Å². The molecule has 8 heteroatoms. The van der Waals surface area contributed by atoms with E-state index in [4.69, 9.17) is 11.6 Å². The molecule has 0 bridgehead atoms. The average Bonchev–Trinajstić information content (AvgIpc) is 2.85. The number of hydrogen-bond acceptors (Lipinski definition) is 3. The van der Waals surface area contributed by atoms with Gasteiger partial charge in [-0.3, -0.25) is 14.5 Å². The Kier molecular flexibility index (Phi) is 5.14. The molecule has 3 rings (SSSR count). The van der Waals surface area contributed by atoms with Crippen molar-refractivity contribution in [3.63, 3.8) is 0 Å². The highest BCUT2D eigenvalue weighted by atomic mass is 35.5. The minimum absolute atomic E-state index is 0.0686. The normalized spacial score (nSPS) is 19.1. The topological polar surface area (TPSA) is 78.5 Å². The Labute approximate surface area is 160 Å². The van der Waals surface area contributed by atoms with Crippen molar-refractivity contribution in [2.24, 2.45) is 0 Å². The largest absolute Gasteiger partial charge is 0.326 e. The number of imide groups is 1. The highest BCUT2D eigenvalue weighted by Crippen LogP contribution is 2.29. The van der Waals surface area contributed by atoms with Gasteiger partial charge < -0.3 is 10.6 Å². The lowest BCUT2D eigenvalue weighted by molar-refractivity contribution is -0.131. The van der Waals surface area contributed by atoms with E-state index in [1.54, 1.807) is 31.2 Å². The smallest absolute Gasteiger partial charge is 0.325 e. The van der Waals surface area contributed by atoms with E-state index in [0.29, 0.717) is 16.3 Å². The molecule has 6 nitrogen and oxygen atoms in total. The number of rotatable bonds is 5. The van der Waals surface area contributed by atoms with E-state index < -0.39 is 23.3 Å². The second kappa shape index (κ2) is 7.36. The molecule has 140 valence electrons. The number of carbonyl (C=O) groups is 3. The maximum Gasteiger partial charge on any atom is 0.325 e. The third kappa shape index (κ3) is 3.93. The Bertz CT molecular complexity index is 886. The number of benzene rings is 2. The zero-order valence-corrected chi connectivity index (χ0v) is 15.2. The SMILES string of the molecule is C[C@]1(c2ccc(Cl)cc2)NC(=O)N(CCC(=O)Nc2ccc(F)cc2)C1=O. The minimum atomic E-state index is -1.21. The van der Waals surface area contributed by atoms with Crippen molar-refractivity contribution >= 4 is 35.1 Å². The van der Waals surface area contributed by atoms with E-state index in [9.17, 15) is 18.8 Å². The van der Waals surface area contributed by atoms with Crippen molar-refractivity contribution in [2.75, 3.05) is 11.9 Å². The lowest BCUT2D eigenvalue weighted by Crippen LogP contribution is -2.41. The summed E-state index contributed by atoms with van der Waals surface area (Å²) in [5.41, 5.74) is -0.178. The zero-order valence-electron chi connectivity index (χ0n) is 14.5. The number of amides is 4. The van der Waals surface area contributed by atoms with Gasteiger partial charge in [0.1, 0.15) is 11.4 Å². The quantitative estimate of drug-likeness (QED) is 0.770. The van der Waals surface area contributed by atoms with Crippen molar-refractivity contribution in [3.8, 4) is 0 Å². The highest BCUT2D eigenvalue weighted by Gasteiger charge is 2.48. The Balaban J connectivity index is 1.64. The standard InChI is InChI=1S/C19H17ClFN3O3/c1-19(12-2-4-13(20)5-3-12)17(26)24(18(27)23-19)11-10-16(25)22-15-8-6-14(21)7-9-15/h2-9H,10-11H2,1H3,(H,22,25)(H,23,27)/t19-/m1/s1. The van der Waals surface area contributed by atoms with Crippen molar-refractivity contribution in [3.05, 3.63) is 64.9 Å². The van der Waals surface area contributed by atoms with Crippen LogP contribution in [-0.2, 0) is 15.1 Å². The van der Waals surface area contributed by atoms with Gasteiger partial charge in [0.2, 0.25) is 5.91 Å². The van der Waals surface area contributed by atoms with E-state index in [0.717, 1.165) is 4.90 Å². The molecule has 0 aromatic heterocycles. The predicted octanol–water partition coefficient (Wildman–Crippen LogP) is 3.27. The van der Waals surface area contributed by atoms with Crippen LogP contribution in [0.4, 0.5) is 14.9 Å². The van der Waals surface area contributed by atoms with Crippen LogP contribution >= 0.6 is 11.6 Å². The van der Waals surface area contributed by atoms with Gasteiger partial charge in [0.15, 0.2) is 0 Å². The molecule has 1 aliphatic heterocycles. The Morgan fingerprint density at radius 3 is 2.41 bits per heavy atom. The maximum absolute atomic E-state index is 12.9. The van der Waals surface area contributed by atoms with Gasteiger partial charge in [0.05, 0.1) is 0 Å². The summed E-state index contributed by atoms with van der Waals surface area (Å²) in [5.74, 6) is -1.24. The van der Waals surface area contributed by atoms with E-state index in [1.165, 1.54) is 24.3 Å². The minimum Gasteiger partial charge on any atom is -0.326 e. The molecule has 0 unspecified atom stereocenters. The van der Waals surface area contributed by atoms with E-state index in [2.05, 4.69) is 10.6 Å². The number of hydrogen-bond donors (Lipinski definition) is 2. The van der Waals surface area contributed by atoms with Gasteiger partial charge in [-0.15, -0.1) is 0 Å². The van der Waals surface area contributed by atoms with Crippen LogP contribution in [0, 0.1) is 5.82 Å². The van der Waals surface area contributed by atoms with E-state index in [1.807, 2.05) is 0 Å². The van der Waals surface area contributed by atoms with Crippen LogP contribution in [0.25, 0.3) is 0 Å². The fourth-order valence-corrected chi connectivity index (χ4v) is 2.97. The molecular weight excluding hydrogens is 373 g/mol. The Morgan fingerprint density at radius 2 is 1.78 bits per heavy atom. The van der Waals surface area contributed by atoms with Gasteiger partial charge in [-0.05, 0) is 48.9 Å². The lowest BCUT2D eigenvalue weighted by Gasteiger charge is -2.22. The monoisotopic (exact) mass is 389 g/mol. The van der Waals surface area contributed by atoms with Gasteiger partial charge in [-0.1, -0.05) is 23.7 Å². The molecule has 0 saturated carbocycles. The van der Waals surface area contributed by atoms with Crippen LogP contribution < -0.4 is 10.6 Å². The first-order valence-electron chi connectivity index (χ1n) is 8.25. The summed E-state index contributed by atoms with van der Waals surface area (Å²) < 4.78 is 12.9. The summed E-state index contributed by atoms with van der Waals surface area (Å²) >= 11 is 5.87. The molecule has 2 aromatic rings. The molecule has 1 aliphatic rings. The summed E-state index contributed by atoms with van der Waals surface area (Å²) in [6.45, 7) is 1.54. The molecule has 0 radical (unpaired) electrons. The molecule has 1 atom stereocenters. The Hall–Kier alpha value is -2.93. The van der Waals surface area contributed by atoms with Crippen molar-refractivity contribution in [1.29, 1.82) is 0 Å². The van der Waals surface area contributed by atoms with Gasteiger partial charge in [0, 0.05) is 23.7 Å². The fraction of sp³-hybridized carbons (Fsp3) is 0.211. The van der Waals surface area contributed by atoms with Crippen molar-refractivity contribution in [1.82, 2.24) is 10.2 Å². The predicted molar refractivity (Wildman–Crippen MR) is 98.7 cm³/mol. The average molecular weight is 390 g/mol. The van der Waals surface area contributed by atoms with Gasteiger partial charge in [0.25, 0.3) is 5.91 Å². The van der Waals surface area contributed by atoms with E-state index >= 15 is 0 Å². The fourth-order valence-electron chi connectivity index (χ4n) is 2.85. The number of nitrogens with one attached hydrogen (secondary N) is 2. The van der Waals surface area contributed by atoms with Gasteiger partial charge >= 0.3 is 6.03 Å². The van der Waals surface area contributed by atoms with Gasteiger partial charge in [-0.2, -0.15) is 0 Å². The molecule has 1 saturated heterocycles. The second-order valence-corrected chi connectivity index (χ2v) is 6.76. The summed E-state index contributed by atoms with van der Waals surface area (Å²) in [4.78, 5) is 38.1. The summed E-state index contributed by atoms with van der Waals surface area (Å²) in [6.07, 6.45) is -0.0762. The summed E-state index contributed by atoms with van der Waals surface area (Å²) in [6, 6.07) is 11.4. The molecule has 4 amide bonds. The van der Waals surface area contributed by atoms with Crippen LogP contribution in [0.1, 0.15) is 18.9 Å².